The zero-order valence-corrected chi connectivity index (χ0v) is 11.7. The normalized spacial score (nSPS) is 18.7. The summed E-state index contributed by atoms with van der Waals surface area (Å²) in [5.74, 6) is -0.0572. The van der Waals surface area contributed by atoms with Gasteiger partial charge in [0.15, 0.2) is 0 Å². The first kappa shape index (κ1) is 13.6. The molecule has 0 aliphatic carbocycles. The quantitative estimate of drug-likeness (QED) is 0.533. The molecule has 5 heteroatoms. The zero-order chi connectivity index (χ0) is 14.2. The fourth-order valence-electron chi connectivity index (χ4n) is 2.32. The highest BCUT2D eigenvalue weighted by atomic mass is 16.6. The molecule has 0 spiro atoms. The van der Waals surface area contributed by atoms with Gasteiger partial charge in [-0.1, -0.05) is 6.58 Å². The molecule has 5 nitrogen and oxygen atoms in total. The second-order valence-corrected chi connectivity index (χ2v) is 5.94. The van der Waals surface area contributed by atoms with Crippen molar-refractivity contribution in [3.8, 4) is 0 Å². The van der Waals surface area contributed by atoms with Gasteiger partial charge in [-0.3, -0.25) is 4.79 Å². The van der Waals surface area contributed by atoms with Gasteiger partial charge in [0, 0.05) is 26.2 Å². The molecule has 0 saturated heterocycles. The number of rotatable bonds is 1. The Labute approximate surface area is 113 Å². The second-order valence-electron chi connectivity index (χ2n) is 5.94. The van der Waals surface area contributed by atoms with E-state index in [1.54, 1.807) is 9.80 Å². The van der Waals surface area contributed by atoms with Crippen LogP contribution in [0.2, 0.25) is 0 Å². The smallest absolute Gasteiger partial charge is 0.410 e. The largest absolute Gasteiger partial charge is 0.444 e. The highest BCUT2D eigenvalue weighted by Gasteiger charge is 2.34. The maximum Gasteiger partial charge on any atom is 0.410 e. The van der Waals surface area contributed by atoms with Crippen LogP contribution >= 0.6 is 0 Å². The third kappa shape index (κ3) is 2.97. The van der Waals surface area contributed by atoms with Crippen LogP contribution in [0.15, 0.2) is 23.8 Å². The lowest BCUT2D eigenvalue weighted by atomic mass is 10.2. The van der Waals surface area contributed by atoms with Gasteiger partial charge < -0.3 is 14.5 Å². The van der Waals surface area contributed by atoms with E-state index in [-0.39, 0.29) is 12.0 Å². The number of carbonyl (C=O) groups is 2. The van der Waals surface area contributed by atoms with Crippen molar-refractivity contribution < 1.29 is 14.3 Å². The number of amides is 2. The molecule has 0 N–H and O–H groups in total. The molecule has 0 aromatic rings. The van der Waals surface area contributed by atoms with Crippen LogP contribution < -0.4 is 0 Å². The number of carbonyl (C=O) groups excluding carboxylic acids is 2. The summed E-state index contributed by atoms with van der Waals surface area (Å²) in [6, 6.07) is 0. The standard InChI is InChI=1S/C14H20N2O3/c1-5-12(17)15-6-10-8-16(9-11(10)7-15)13(18)19-14(2,3)4/h5H,1,6-9H2,2-4H3. The fourth-order valence-corrected chi connectivity index (χ4v) is 2.32. The zero-order valence-electron chi connectivity index (χ0n) is 11.7. The maximum atomic E-state index is 11.9. The molecule has 0 saturated carbocycles. The fraction of sp³-hybridized carbons (Fsp3) is 0.571. The van der Waals surface area contributed by atoms with E-state index >= 15 is 0 Å². The highest BCUT2D eigenvalue weighted by Crippen LogP contribution is 2.26. The summed E-state index contributed by atoms with van der Waals surface area (Å²) in [6.07, 6.45) is 1.04. The first-order valence-electron chi connectivity index (χ1n) is 6.39. The van der Waals surface area contributed by atoms with E-state index in [0.717, 1.165) is 11.1 Å². The van der Waals surface area contributed by atoms with Crippen LogP contribution in [0.5, 0.6) is 0 Å². The molecule has 0 bridgehead atoms. The molecule has 0 atom stereocenters. The Morgan fingerprint density at radius 1 is 1.11 bits per heavy atom. The number of nitrogens with zero attached hydrogens (tertiary/aromatic N) is 2. The number of hydrogen-bond acceptors (Lipinski definition) is 3. The summed E-state index contributed by atoms with van der Waals surface area (Å²) in [6.45, 7) is 11.4. The summed E-state index contributed by atoms with van der Waals surface area (Å²) >= 11 is 0. The Bertz CT molecular complexity index is 442. The molecule has 2 heterocycles. The lowest BCUT2D eigenvalue weighted by Crippen LogP contribution is -2.38. The summed E-state index contributed by atoms with van der Waals surface area (Å²) < 4.78 is 5.35. The van der Waals surface area contributed by atoms with Gasteiger partial charge in [-0.05, 0) is 38.0 Å². The van der Waals surface area contributed by atoms with Crippen molar-refractivity contribution in [1.82, 2.24) is 9.80 Å². The molecule has 2 aliphatic heterocycles. The van der Waals surface area contributed by atoms with Crippen LogP contribution in [-0.2, 0) is 9.53 Å². The first-order chi connectivity index (χ1) is 8.80. The van der Waals surface area contributed by atoms with Gasteiger partial charge in [0.2, 0.25) is 5.91 Å². The molecule has 0 fully saturated rings. The van der Waals surface area contributed by atoms with Gasteiger partial charge in [0.25, 0.3) is 0 Å². The third-order valence-electron chi connectivity index (χ3n) is 3.16. The van der Waals surface area contributed by atoms with E-state index in [2.05, 4.69) is 6.58 Å². The molecule has 2 rings (SSSR count). The van der Waals surface area contributed by atoms with Crippen LogP contribution in [0.3, 0.4) is 0 Å². The molecule has 104 valence electrons. The predicted octanol–water partition coefficient (Wildman–Crippen LogP) is 1.56. The summed E-state index contributed by atoms with van der Waals surface area (Å²) in [7, 11) is 0. The first-order valence-corrected chi connectivity index (χ1v) is 6.39. The van der Waals surface area contributed by atoms with Gasteiger partial charge in [0.05, 0.1) is 0 Å². The molecular weight excluding hydrogens is 244 g/mol. The van der Waals surface area contributed by atoms with Crippen molar-refractivity contribution in [2.24, 2.45) is 0 Å². The lowest BCUT2D eigenvalue weighted by Gasteiger charge is -2.26. The van der Waals surface area contributed by atoms with Gasteiger partial charge >= 0.3 is 6.09 Å². The molecule has 0 aromatic carbocycles. The van der Waals surface area contributed by atoms with E-state index in [4.69, 9.17) is 4.74 Å². The minimum Gasteiger partial charge on any atom is -0.444 e. The topological polar surface area (TPSA) is 49.9 Å². The maximum absolute atomic E-state index is 11.9. The van der Waals surface area contributed by atoms with Crippen LogP contribution in [-0.4, -0.2) is 53.6 Å². The molecule has 19 heavy (non-hydrogen) atoms. The Morgan fingerprint density at radius 3 is 2.00 bits per heavy atom. The molecule has 0 radical (unpaired) electrons. The van der Waals surface area contributed by atoms with E-state index in [1.807, 2.05) is 20.8 Å². The van der Waals surface area contributed by atoms with Crippen LogP contribution in [0.4, 0.5) is 4.79 Å². The molecule has 0 unspecified atom stereocenters. The van der Waals surface area contributed by atoms with Crippen molar-refractivity contribution in [3.05, 3.63) is 23.8 Å². The van der Waals surface area contributed by atoms with Crippen molar-refractivity contribution in [2.75, 3.05) is 26.2 Å². The van der Waals surface area contributed by atoms with E-state index in [1.165, 1.54) is 6.08 Å². The molecule has 2 amide bonds. The van der Waals surface area contributed by atoms with Crippen LogP contribution in [0.25, 0.3) is 0 Å². The third-order valence-corrected chi connectivity index (χ3v) is 3.16. The van der Waals surface area contributed by atoms with Gasteiger partial charge in [-0.15, -0.1) is 0 Å². The van der Waals surface area contributed by atoms with E-state index in [9.17, 15) is 9.59 Å². The van der Waals surface area contributed by atoms with Crippen LogP contribution in [0.1, 0.15) is 20.8 Å². The highest BCUT2D eigenvalue weighted by molar-refractivity contribution is 5.88. The average Bonchev–Trinajstić information content (AvgIpc) is 2.82. The predicted molar refractivity (Wildman–Crippen MR) is 71.6 cm³/mol. The van der Waals surface area contributed by atoms with Gasteiger partial charge in [-0.2, -0.15) is 0 Å². The minimum absolute atomic E-state index is 0.0572. The number of ether oxygens (including phenoxy) is 1. The average molecular weight is 264 g/mol. The van der Waals surface area contributed by atoms with Gasteiger partial charge in [-0.25, -0.2) is 4.79 Å². The monoisotopic (exact) mass is 264 g/mol. The Kier molecular flexibility index (Phi) is 3.39. The Balaban J connectivity index is 1.90. The number of hydrogen-bond donors (Lipinski definition) is 0. The summed E-state index contributed by atoms with van der Waals surface area (Å²) in [5, 5.41) is 0. The van der Waals surface area contributed by atoms with Crippen molar-refractivity contribution in [2.45, 2.75) is 26.4 Å². The minimum atomic E-state index is -0.477. The SMILES string of the molecule is C=CC(=O)N1CC2=C(C1)CN(C(=O)OC(C)(C)C)C2. The Morgan fingerprint density at radius 2 is 1.58 bits per heavy atom. The van der Waals surface area contributed by atoms with Gasteiger partial charge in [0.1, 0.15) is 5.60 Å². The summed E-state index contributed by atoms with van der Waals surface area (Å²) in [4.78, 5) is 26.9. The Hall–Kier alpha value is -1.78. The molecule has 2 aliphatic rings. The molecular formula is C14H20N2O3. The lowest BCUT2D eigenvalue weighted by molar-refractivity contribution is -0.124. The van der Waals surface area contributed by atoms with Crippen molar-refractivity contribution in [1.29, 1.82) is 0 Å². The second kappa shape index (κ2) is 4.72. The van der Waals surface area contributed by atoms with E-state index in [0.29, 0.717) is 26.2 Å². The van der Waals surface area contributed by atoms with E-state index < -0.39 is 5.60 Å². The molecule has 0 aromatic heterocycles. The van der Waals surface area contributed by atoms with Crippen molar-refractivity contribution >= 4 is 12.0 Å². The van der Waals surface area contributed by atoms with Crippen LogP contribution in [0, 0.1) is 0 Å². The summed E-state index contributed by atoms with van der Waals surface area (Å²) in [5.41, 5.74) is 1.83. The van der Waals surface area contributed by atoms with Crippen molar-refractivity contribution in [3.63, 3.8) is 0 Å².